The molecule has 0 saturated carbocycles. The van der Waals surface area contributed by atoms with Crippen LogP contribution in [0.4, 0.5) is 0 Å². The van der Waals surface area contributed by atoms with Gasteiger partial charge < -0.3 is 9.84 Å². The molecule has 0 bridgehead atoms. The van der Waals surface area contributed by atoms with Crippen molar-refractivity contribution in [3.05, 3.63) is 59.7 Å². The number of rotatable bonds is 3. The Morgan fingerprint density at radius 3 is 2.20 bits per heavy atom. The molecule has 0 aliphatic rings. The van der Waals surface area contributed by atoms with Gasteiger partial charge in [-0.2, -0.15) is 0 Å². The van der Waals surface area contributed by atoms with E-state index in [1.54, 1.807) is 18.2 Å². The predicted octanol–water partition coefficient (Wildman–Crippen LogP) is 4.47. The van der Waals surface area contributed by atoms with E-state index in [0.29, 0.717) is 11.5 Å². The molecule has 0 unspecified atom stereocenters. The van der Waals surface area contributed by atoms with Crippen molar-refractivity contribution in [1.82, 2.24) is 0 Å². The standard InChI is InChI=1S/C17H18O3/c1-17(2,3)13-7-5-9-15(11-13)20-14-8-4-6-12(10-14)16(18)19/h4-11H,1-3H3,(H,18,19). The van der Waals surface area contributed by atoms with Crippen LogP contribution in [0.25, 0.3) is 0 Å². The summed E-state index contributed by atoms with van der Waals surface area (Å²) in [6, 6.07) is 14.3. The van der Waals surface area contributed by atoms with Gasteiger partial charge in [0.05, 0.1) is 5.56 Å². The molecular weight excluding hydrogens is 252 g/mol. The van der Waals surface area contributed by atoms with Gasteiger partial charge in [0.25, 0.3) is 0 Å². The van der Waals surface area contributed by atoms with E-state index in [2.05, 4.69) is 26.8 Å². The monoisotopic (exact) mass is 270 g/mol. The maximum Gasteiger partial charge on any atom is 0.335 e. The van der Waals surface area contributed by atoms with Crippen LogP contribution in [0, 0.1) is 0 Å². The lowest BCUT2D eigenvalue weighted by Crippen LogP contribution is -2.10. The van der Waals surface area contributed by atoms with Crippen molar-refractivity contribution in [1.29, 1.82) is 0 Å². The van der Waals surface area contributed by atoms with Gasteiger partial charge in [-0.3, -0.25) is 0 Å². The molecule has 2 aromatic carbocycles. The minimum Gasteiger partial charge on any atom is -0.478 e. The lowest BCUT2D eigenvalue weighted by atomic mass is 9.87. The molecule has 0 spiro atoms. The molecule has 0 heterocycles. The van der Waals surface area contributed by atoms with E-state index in [9.17, 15) is 4.79 Å². The molecular formula is C17H18O3. The van der Waals surface area contributed by atoms with Gasteiger partial charge in [-0.1, -0.05) is 39.0 Å². The van der Waals surface area contributed by atoms with Crippen LogP contribution in [-0.2, 0) is 5.41 Å². The molecule has 0 aliphatic heterocycles. The smallest absolute Gasteiger partial charge is 0.335 e. The van der Waals surface area contributed by atoms with Crippen molar-refractivity contribution < 1.29 is 14.6 Å². The summed E-state index contributed by atoms with van der Waals surface area (Å²) < 4.78 is 5.74. The molecule has 20 heavy (non-hydrogen) atoms. The van der Waals surface area contributed by atoms with Gasteiger partial charge in [0, 0.05) is 0 Å². The van der Waals surface area contributed by atoms with Crippen molar-refractivity contribution in [2.24, 2.45) is 0 Å². The molecule has 2 rings (SSSR count). The minimum atomic E-state index is -0.959. The molecule has 1 N–H and O–H groups in total. The van der Waals surface area contributed by atoms with E-state index in [-0.39, 0.29) is 11.0 Å². The Hall–Kier alpha value is -2.29. The first-order chi connectivity index (χ1) is 9.36. The second kappa shape index (κ2) is 5.37. The van der Waals surface area contributed by atoms with Crippen molar-refractivity contribution in [3.8, 4) is 11.5 Å². The Morgan fingerprint density at radius 2 is 1.60 bits per heavy atom. The van der Waals surface area contributed by atoms with Crippen LogP contribution in [-0.4, -0.2) is 11.1 Å². The molecule has 0 saturated heterocycles. The maximum absolute atomic E-state index is 10.9. The van der Waals surface area contributed by atoms with E-state index >= 15 is 0 Å². The summed E-state index contributed by atoms with van der Waals surface area (Å²) in [6.45, 7) is 6.41. The number of benzene rings is 2. The van der Waals surface area contributed by atoms with Crippen molar-refractivity contribution in [3.63, 3.8) is 0 Å². The first-order valence-electron chi connectivity index (χ1n) is 6.48. The summed E-state index contributed by atoms with van der Waals surface area (Å²) in [5.41, 5.74) is 1.43. The molecule has 104 valence electrons. The van der Waals surface area contributed by atoms with Crippen molar-refractivity contribution in [2.75, 3.05) is 0 Å². The Balaban J connectivity index is 2.26. The second-order valence-electron chi connectivity index (χ2n) is 5.71. The lowest BCUT2D eigenvalue weighted by Gasteiger charge is -2.19. The fraction of sp³-hybridized carbons (Fsp3) is 0.235. The second-order valence-corrected chi connectivity index (χ2v) is 5.71. The Labute approximate surface area is 118 Å². The number of carboxylic acids is 1. The summed E-state index contributed by atoms with van der Waals surface area (Å²) >= 11 is 0. The minimum absolute atomic E-state index is 0.0439. The molecule has 2 aromatic rings. The quantitative estimate of drug-likeness (QED) is 0.894. The normalized spacial score (nSPS) is 11.2. The summed E-state index contributed by atoms with van der Waals surface area (Å²) in [4.78, 5) is 10.9. The SMILES string of the molecule is CC(C)(C)c1cccc(Oc2cccc(C(=O)O)c2)c1. The number of aromatic carboxylic acids is 1. The van der Waals surface area contributed by atoms with E-state index in [0.717, 1.165) is 0 Å². The van der Waals surface area contributed by atoms with E-state index in [1.807, 2.05) is 18.2 Å². The van der Waals surface area contributed by atoms with Gasteiger partial charge in [-0.05, 0) is 41.3 Å². The largest absolute Gasteiger partial charge is 0.478 e. The lowest BCUT2D eigenvalue weighted by molar-refractivity contribution is 0.0696. The zero-order valence-corrected chi connectivity index (χ0v) is 11.9. The average Bonchev–Trinajstić information content (AvgIpc) is 2.38. The summed E-state index contributed by atoms with van der Waals surface area (Å²) in [5, 5.41) is 8.97. The molecule has 0 aliphatic carbocycles. The Morgan fingerprint density at radius 1 is 1.00 bits per heavy atom. The first-order valence-corrected chi connectivity index (χ1v) is 6.48. The van der Waals surface area contributed by atoms with E-state index in [1.165, 1.54) is 11.6 Å². The molecule has 3 nitrogen and oxygen atoms in total. The van der Waals surface area contributed by atoms with Crippen LogP contribution >= 0.6 is 0 Å². The zero-order chi connectivity index (χ0) is 14.8. The van der Waals surface area contributed by atoms with Crippen LogP contribution in [0.3, 0.4) is 0 Å². The Bertz CT molecular complexity index is 624. The third-order valence-electron chi connectivity index (χ3n) is 3.02. The number of ether oxygens (including phenoxy) is 1. The molecule has 0 radical (unpaired) electrons. The maximum atomic E-state index is 10.9. The molecule has 0 fully saturated rings. The topological polar surface area (TPSA) is 46.5 Å². The van der Waals surface area contributed by atoms with Crippen molar-refractivity contribution in [2.45, 2.75) is 26.2 Å². The van der Waals surface area contributed by atoms with Crippen LogP contribution in [0.2, 0.25) is 0 Å². The number of hydrogen-bond acceptors (Lipinski definition) is 2. The third-order valence-corrected chi connectivity index (χ3v) is 3.02. The van der Waals surface area contributed by atoms with E-state index < -0.39 is 5.97 Å². The van der Waals surface area contributed by atoms with Crippen LogP contribution in [0.5, 0.6) is 11.5 Å². The molecule has 3 heteroatoms. The van der Waals surface area contributed by atoms with Crippen LogP contribution in [0.1, 0.15) is 36.7 Å². The highest BCUT2D eigenvalue weighted by Gasteiger charge is 2.14. The highest BCUT2D eigenvalue weighted by Crippen LogP contribution is 2.28. The number of carboxylic acid groups (broad SMARTS) is 1. The van der Waals surface area contributed by atoms with Gasteiger partial charge in [-0.15, -0.1) is 0 Å². The predicted molar refractivity (Wildman–Crippen MR) is 78.6 cm³/mol. The van der Waals surface area contributed by atoms with Crippen LogP contribution < -0.4 is 4.74 Å². The average molecular weight is 270 g/mol. The highest BCUT2D eigenvalue weighted by molar-refractivity contribution is 5.88. The van der Waals surface area contributed by atoms with Gasteiger partial charge in [0.1, 0.15) is 11.5 Å². The fourth-order valence-electron chi connectivity index (χ4n) is 1.85. The summed E-state index contributed by atoms with van der Waals surface area (Å²) in [6.07, 6.45) is 0. The fourth-order valence-corrected chi connectivity index (χ4v) is 1.85. The highest BCUT2D eigenvalue weighted by atomic mass is 16.5. The van der Waals surface area contributed by atoms with Gasteiger partial charge in [-0.25, -0.2) is 4.79 Å². The molecule has 0 amide bonds. The zero-order valence-electron chi connectivity index (χ0n) is 11.9. The first kappa shape index (κ1) is 14.1. The van der Waals surface area contributed by atoms with E-state index in [4.69, 9.17) is 9.84 Å². The van der Waals surface area contributed by atoms with Gasteiger partial charge in [0.2, 0.25) is 0 Å². The van der Waals surface area contributed by atoms with Gasteiger partial charge >= 0.3 is 5.97 Å². The van der Waals surface area contributed by atoms with Crippen LogP contribution in [0.15, 0.2) is 48.5 Å². The summed E-state index contributed by atoms with van der Waals surface area (Å²) in [7, 11) is 0. The molecule has 0 atom stereocenters. The van der Waals surface area contributed by atoms with Gasteiger partial charge in [0.15, 0.2) is 0 Å². The Kier molecular flexibility index (Phi) is 3.79. The third kappa shape index (κ3) is 3.38. The molecule has 0 aromatic heterocycles. The summed E-state index contributed by atoms with van der Waals surface area (Å²) in [5.74, 6) is 0.273. The van der Waals surface area contributed by atoms with Crippen molar-refractivity contribution >= 4 is 5.97 Å². The number of hydrogen-bond donors (Lipinski definition) is 1. The number of carbonyl (C=O) groups is 1.